The lowest BCUT2D eigenvalue weighted by Gasteiger charge is -2.52. The Hall–Kier alpha value is -0.290. The SMILES string of the molecule is CCC1(CC)CN(CC(F)(F)F)C(C)(C)CN1. The third-order valence-electron chi connectivity index (χ3n) is 3.97. The van der Waals surface area contributed by atoms with Gasteiger partial charge >= 0.3 is 6.18 Å². The average Bonchev–Trinajstić information content (AvgIpc) is 2.20. The molecule has 1 aliphatic heterocycles. The van der Waals surface area contributed by atoms with E-state index in [1.807, 2.05) is 27.7 Å². The Bertz CT molecular complexity index is 257. The second-order valence-corrected chi connectivity index (χ2v) is 5.62. The molecule has 1 fully saturated rings. The van der Waals surface area contributed by atoms with E-state index >= 15 is 0 Å². The molecule has 0 aromatic rings. The van der Waals surface area contributed by atoms with Crippen molar-refractivity contribution < 1.29 is 13.2 Å². The summed E-state index contributed by atoms with van der Waals surface area (Å²) in [5, 5.41) is 3.43. The summed E-state index contributed by atoms with van der Waals surface area (Å²) in [6.07, 6.45) is -2.41. The van der Waals surface area contributed by atoms with Crippen LogP contribution in [0.4, 0.5) is 13.2 Å². The lowest BCUT2D eigenvalue weighted by Crippen LogP contribution is -2.68. The molecule has 0 amide bonds. The quantitative estimate of drug-likeness (QED) is 0.831. The number of hydrogen-bond donors (Lipinski definition) is 1. The predicted molar refractivity (Wildman–Crippen MR) is 63.0 cm³/mol. The second kappa shape index (κ2) is 4.76. The summed E-state index contributed by atoms with van der Waals surface area (Å²) in [4.78, 5) is 1.57. The maximum absolute atomic E-state index is 12.6. The minimum atomic E-state index is -4.12. The molecule has 1 aliphatic rings. The molecule has 0 bridgehead atoms. The van der Waals surface area contributed by atoms with Gasteiger partial charge in [-0.2, -0.15) is 13.2 Å². The minimum absolute atomic E-state index is 0.166. The van der Waals surface area contributed by atoms with Crippen LogP contribution in [0.1, 0.15) is 40.5 Å². The summed E-state index contributed by atoms with van der Waals surface area (Å²) in [7, 11) is 0. The van der Waals surface area contributed by atoms with Gasteiger partial charge in [-0.3, -0.25) is 4.90 Å². The number of rotatable bonds is 3. The lowest BCUT2D eigenvalue weighted by atomic mass is 9.85. The fraction of sp³-hybridized carbons (Fsp3) is 1.00. The summed E-state index contributed by atoms with van der Waals surface area (Å²) < 4.78 is 37.7. The molecule has 17 heavy (non-hydrogen) atoms. The molecule has 0 unspecified atom stereocenters. The molecule has 1 rings (SSSR count). The third kappa shape index (κ3) is 3.58. The number of nitrogens with one attached hydrogen (secondary N) is 1. The summed E-state index contributed by atoms with van der Waals surface area (Å²) in [5.41, 5.74) is -0.607. The highest BCUT2D eigenvalue weighted by Crippen LogP contribution is 2.30. The first-order valence-corrected chi connectivity index (χ1v) is 6.21. The van der Waals surface area contributed by atoms with Gasteiger partial charge < -0.3 is 5.32 Å². The van der Waals surface area contributed by atoms with Crippen LogP contribution in [0.2, 0.25) is 0 Å². The van der Waals surface area contributed by atoms with Crippen LogP contribution in [0.5, 0.6) is 0 Å². The van der Waals surface area contributed by atoms with Crippen molar-refractivity contribution in [1.82, 2.24) is 10.2 Å². The molecule has 2 nitrogen and oxygen atoms in total. The van der Waals surface area contributed by atoms with Gasteiger partial charge in [0, 0.05) is 24.2 Å². The van der Waals surface area contributed by atoms with Crippen molar-refractivity contribution in [2.45, 2.75) is 57.8 Å². The molecular formula is C12H23F3N2. The van der Waals surface area contributed by atoms with Gasteiger partial charge in [-0.05, 0) is 26.7 Å². The highest BCUT2D eigenvalue weighted by Gasteiger charge is 2.44. The molecule has 0 saturated carbocycles. The number of halogens is 3. The van der Waals surface area contributed by atoms with E-state index in [9.17, 15) is 13.2 Å². The Labute approximate surface area is 102 Å². The van der Waals surface area contributed by atoms with Gasteiger partial charge in [-0.15, -0.1) is 0 Å². The predicted octanol–water partition coefficient (Wildman–Crippen LogP) is 2.79. The molecule has 0 atom stereocenters. The maximum Gasteiger partial charge on any atom is 0.401 e. The molecular weight excluding hydrogens is 229 g/mol. The van der Waals surface area contributed by atoms with E-state index in [0.717, 1.165) is 12.8 Å². The van der Waals surface area contributed by atoms with Crippen molar-refractivity contribution >= 4 is 0 Å². The largest absolute Gasteiger partial charge is 0.401 e. The van der Waals surface area contributed by atoms with Gasteiger partial charge in [0.05, 0.1) is 6.54 Å². The molecule has 1 N–H and O–H groups in total. The summed E-state index contributed by atoms with van der Waals surface area (Å²) in [6.45, 7) is 8.03. The van der Waals surface area contributed by atoms with E-state index in [2.05, 4.69) is 5.32 Å². The van der Waals surface area contributed by atoms with Crippen molar-refractivity contribution in [1.29, 1.82) is 0 Å². The molecule has 1 heterocycles. The number of nitrogens with zero attached hydrogens (tertiary/aromatic N) is 1. The highest BCUT2D eigenvalue weighted by atomic mass is 19.4. The normalized spacial score (nSPS) is 24.9. The van der Waals surface area contributed by atoms with Crippen LogP contribution in [0, 0.1) is 0 Å². The third-order valence-corrected chi connectivity index (χ3v) is 3.97. The number of piperazine rings is 1. The van der Waals surface area contributed by atoms with Crippen LogP contribution < -0.4 is 5.32 Å². The number of hydrogen-bond acceptors (Lipinski definition) is 2. The van der Waals surface area contributed by atoms with Gasteiger partial charge in [0.2, 0.25) is 0 Å². The van der Waals surface area contributed by atoms with Crippen molar-refractivity contribution in [2.75, 3.05) is 19.6 Å². The summed E-state index contributed by atoms with van der Waals surface area (Å²) in [5.74, 6) is 0. The topological polar surface area (TPSA) is 15.3 Å². The zero-order valence-electron chi connectivity index (χ0n) is 11.1. The standard InChI is InChI=1S/C12H23F3N2/c1-5-11(6-2)8-17(9-12(13,14)15)10(3,4)7-16-11/h16H,5-9H2,1-4H3. The maximum atomic E-state index is 12.6. The van der Waals surface area contributed by atoms with Crippen LogP contribution in [-0.2, 0) is 0 Å². The van der Waals surface area contributed by atoms with Gasteiger partial charge in [-0.1, -0.05) is 13.8 Å². The first-order valence-electron chi connectivity index (χ1n) is 6.21. The molecule has 5 heteroatoms. The van der Waals surface area contributed by atoms with E-state index in [0.29, 0.717) is 13.1 Å². The van der Waals surface area contributed by atoms with Crippen molar-refractivity contribution in [3.8, 4) is 0 Å². The Morgan fingerprint density at radius 1 is 1.18 bits per heavy atom. The monoisotopic (exact) mass is 252 g/mol. The van der Waals surface area contributed by atoms with Crippen LogP contribution in [0.3, 0.4) is 0 Å². The molecule has 0 spiro atoms. The lowest BCUT2D eigenvalue weighted by molar-refractivity contribution is -0.165. The Morgan fingerprint density at radius 3 is 2.12 bits per heavy atom. The Balaban J connectivity index is 2.82. The van der Waals surface area contributed by atoms with Crippen LogP contribution >= 0.6 is 0 Å². The van der Waals surface area contributed by atoms with Crippen molar-refractivity contribution in [3.05, 3.63) is 0 Å². The first kappa shape index (κ1) is 14.8. The second-order valence-electron chi connectivity index (χ2n) is 5.62. The fourth-order valence-electron chi connectivity index (χ4n) is 2.36. The van der Waals surface area contributed by atoms with E-state index in [-0.39, 0.29) is 5.54 Å². The first-order chi connectivity index (χ1) is 7.64. The van der Waals surface area contributed by atoms with E-state index in [1.54, 1.807) is 4.90 Å². The summed E-state index contributed by atoms with van der Waals surface area (Å²) in [6, 6.07) is 0. The van der Waals surface area contributed by atoms with Crippen molar-refractivity contribution in [2.24, 2.45) is 0 Å². The molecule has 102 valence electrons. The smallest absolute Gasteiger partial charge is 0.308 e. The Morgan fingerprint density at radius 2 is 1.71 bits per heavy atom. The molecule has 0 aromatic carbocycles. The van der Waals surface area contributed by atoms with Gasteiger partial charge in [0.1, 0.15) is 0 Å². The van der Waals surface area contributed by atoms with Crippen molar-refractivity contribution in [3.63, 3.8) is 0 Å². The minimum Gasteiger partial charge on any atom is -0.308 e. The van der Waals surface area contributed by atoms with Crippen LogP contribution in [0.25, 0.3) is 0 Å². The van der Waals surface area contributed by atoms with E-state index < -0.39 is 18.3 Å². The van der Waals surface area contributed by atoms with E-state index in [4.69, 9.17) is 0 Å². The Kier molecular flexibility index (Phi) is 4.14. The molecule has 0 radical (unpaired) electrons. The zero-order chi connectivity index (χ0) is 13.3. The zero-order valence-corrected chi connectivity index (χ0v) is 11.1. The van der Waals surface area contributed by atoms with Gasteiger partial charge in [0.15, 0.2) is 0 Å². The van der Waals surface area contributed by atoms with E-state index in [1.165, 1.54) is 0 Å². The van der Waals surface area contributed by atoms with Crippen LogP contribution in [0.15, 0.2) is 0 Å². The average molecular weight is 252 g/mol. The fourth-order valence-corrected chi connectivity index (χ4v) is 2.36. The van der Waals surface area contributed by atoms with Crippen LogP contribution in [-0.4, -0.2) is 41.8 Å². The van der Waals surface area contributed by atoms with Gasteiger partial charge in [-0.25, -0.2) is 0 Å². The van der Waals surface area contributed by atoms with Gasteiger partial charge in [0.25, 0.3) is 0 Å². The number of alkyl halides is 3. The molecule has 0 aromatic heterocycles. The highest BCUT2D eigenvalue weighted by molar-refractivity contribution is 5.01. The molecule has 1 saturated heterocycles. The summed E-state index contributed by atoms with van der Waals surface area (Å²) >= 11 is 0. The molecule has 0 aliphatic carbocycles.